The Kier molecular flexibility index (Phi) is 6.77. The minimum atomic E-state index is -3.52. The van der Waals surface area contributed by atoms with Crippen molar-refractivity contribution >= 4 is 32.9 Å². The first-order chi connectivity index (χ1) is 13.4. The van der Waals surface area contributed by atoms with Gasteiger partial charge in [0.2, 0.25) is 0 Å². The van der Waals surface area contributed by atoms with E-state index in [1.54, 1.807) is 24.4 Å². The molecule has 0 bridgehead atoms. The third kappa shape index (κ3) is 4.94. The van der Waals surface area contributed by atoms with Crippen molar-refractivity contribution in [2.45, 2.75) is 11.8 Å². The highest BCUT2D eigenvalue weighted by Crippen LogP contribution is 2.34. The van der Waals surface area contributed by atoms with Crippen LogP contribution in [0.15, 0.2) is 35.4 Å². The second kappa shape index (κ2) is 9.09. The summed E-state index contributed by atoms with van der Waals surface area (Å²) in [6, 6.07) is 6.81. The van der Waals surface area contributed by atoms with Crippen molar-refractivity contribution in [1.29, 1.82) is 0 Å². The van der Waals surface area contributed by atoms with Gasteiger partial charge in [0.05, 0.1) is 35.5 Å². The molecular formula is C19H24ClN3O4S. The van der Waals surface area contributed by atoms with Crippen LogP contribution in [0.2, 0.25) is 5.02 Å². The number of hydrogen-bond acceptors (Lipinski definition) is 7. The van der Waals surface area contributed by atoms with Crippen molar-refractivity contribution in [3.05, 3.63) is 35.5 Å². The second-order valence-corrected chi connectivity index (χ2v) is 8.94. The number of sulfone groups is 1. The summed E-state index contributed by atoms with van der Waals surface area (Å²) in [6.45, 7) is 5.04. The van der Waals surface area contributed by atoms with Gasteiger partial charge in [-0.3, -0.25) is 0 Å². The van der Waals surface area contributed by atoms with Gasteiger partial charge in [-0.15, -0.1) is 0 Å². The Morgan fingerprint density at radius 1 is 1.25 bits per heavy atom. The Hall–Kier alpha value is -1.87. The van der Waals surface area contributed by atoms with E-state index < -0.39 is 9.84 Å². The van der Waals surface area contributed by atoms with Gasteiger partial charge < -0.3 is 20.1 Å². The summed E-state index contributed by atoms with van der Waals surface area (Å²) >= 11 is 6.35. The number of nitrogens with zero attached hydrogens (tertiary/aromatic N) is 2. The summed E-state index contributed by atoms with van der Waals surface area (Å²) in [5.41, 5.74) is 7.81. The van der Waals surface area contributed by atoms with Crippen molar-refractivity contribution in [2.75, 3.05) is 55.9 Å². The van der Waals surface area contributed by atoms with Crippen molar-refractivity contribution in [1.82, 2.24) is 4.98 Å². The zero-order valence-corrected chi connectivity index (χ0v) is 17.3. The minimum Gasteiger partial charge on any atom is -0.384 e. The Balaban J connectivity index is 2.06. The fourth-order valence-corrected chi connectivity index (χ4v) is 4.46. The lowest BCUT2D eigenvalue weighted by molar-refractivity contribution is 0.122. The van der Waals surface area contributed by atoms with Crippen LogP contribution < -0.4 is 10.6 Å². The molecule has 152 valence electrons. The van der Waals surface area contributed by atoms with E-state index in [0.717, 1.165) is 5.69 Å². The molecule has 0 amide bonds. The summed E-state index contributed by atoms with van der Waals surface area (Å²) in [6.07, 6.45) is 1.56. The molecule has 1 aromatic heterocycles. The summed E-state index contributed by atoms with van der Waals surface area (Å²) in [5.74, 6) is 0.225. The van der Waals surface area contributed by atoms with Gasteiger partial charge in [0.15, 0.2) is 9.84 Å². The monoisotopic (exact) mass is 425 g/mol. The van der Waals surface area contributed by atoms with Crippen LogP contribution in [0.25, 0.3) is 11.1 Å². The number of nitrogen functional groups attached to an aromatic ring is 1. The smallest absolute Gasteiger partial charge is 0.180 e. The van der Waals surface area contributed by atoms with Crippen LogP contribution in [0.3, 0.4) is 0 Å². The molecule has 0 radical (unpaired) electrons. The molecule has 0 unspecified atom stereocenters. The van der Waals surface area contributed by atoms with Crippen molar-refractivity contribution in [3.63, 3.8) is 0 Å². The molecule has 2 N–H and O–H groups in total. The third-order valence-corrected chi connectivity index (χ3v) is 6.48. The van der Waals surface area contributed by atoms with Gasteiger partial charge in [-0.05, 0) is 36.8 Å². The molecule has 28 heavy (non-hydrogen) atoms. The van der Waals surface area contributed by atoms with Crippen LogP contribution in [-0.2, 0) is 19.3 Å². The SMILES string of the molecule is CCOCCS(=O)(=O)c1cc(-c2cnc(N)cc2Cl)cc(N2CCOCC2)c1. The number of rotatable bonds is 7. The van der Waals surface area contributed by atoms with Crippen molar-refractivity contribution in [3.8, 4) is 11.1 Å². The fraction of sp³-hybridized carbons (Fsp3) is 0.421. The molecule has 1 saturated heterocycles. The Morgan fingerprint density at radius 2 is 2.00 bits per heavy atom. The number of ether oxygens (including phenoxy) is 2. The number of aromatic nitrogens is 1. The first-order valence-corrected chi connectivity index (χ1v) is 11.1. The topological polar surface area (TPSA) is 94.8 Å². The van der Waals surface area contributed by atoms with Gasteiger partial charge in [0, 0.05) is 37.1 Å². The Labute approximate surface area is 170 Å². The quantitative estimate of drug-likeness (QED) is 0.681. The van der Waals surface area contributed by atoms with Crippen LogP contribution in [0.4, 0.5) is 11.5 Å². The molecule has 0 atom stereocenters. The second-order valence-electron chi connectivity index (χ2n) is 6.42. The van der Waals surface area contributed by atoms with Crippen LogP contribution in [-0.4, -0.2) is 58.7 Å². The van der Waals surface area contributed by atoms with E-state index in [4.69, 9.17) is 26.8 Å². The molecule has 9 heteroatoms. The van der Waals surface area contributed by atoms with Crippen LogP contribution in [0.5, 0.6) is 0 Å². The molecule has 1 aromatic carbocycles. The predicted octanol–water partition coefficient (Wildman–Crippen LogP) is 2.63. The highest BCUT2D eigenvalue weighted by Gasteiger charge is 2.20. The summed E-state index contributed by atoms with van der Waals surface area (Å²) in [7, 11) is -3.52. The van der Waals surface area contributed by atoms with Gasteiger partial charge in [-0.2, -0.15) is 0 Å². The molecule has 7 nitrogen and oxygen atoms in total. The normalized spacial score (nSPS) is 15.0. The largest absolute Gasteiger partial charge is 0.384 e. The molecule has 2 heterocycles. The van der Waals surface area contributed by atoms with Crippen LogP contribution in [0, 0.1) is 0 Å². The summed E-state index contributed by atoms with van der Waals surface area (Å²) in [5, 5.41) is 0.421. The standard InChI is InChI=1S/C19H24ClN3O4S/c1-2-26-7-8-28(24,25)16-10-14(17-13-22-19(21)12-18(17)20)9-15(11-16)23-3-5-27-6-4-23/h9-13H,2-8H2,1H3,(H2,21,22). The number of benzene rings is 1. The average molecular weight is 426 g/mol. The molecule has 2 aromatic rings. The lowest BCUT2D eigenvalue weighted by atomic mass is 10.1. The maximum atomic E-state index is 12.9. The van der Waals surface area contributed by atoms with Crippen molar-refractivity contribution < 1.29 is 17.9 Å². The third-order valence-electron chi connectivity index (χ3n) is 4.51. The zero-order valence-electron chi connectivity index (χ0n) is 15.7. The molecule has 0 aliphatic carbocycles. The molecule has 1 aliphatic heterocycles. The maximum Gasteiger partial charge on any atom is 0.180 e. The minimum absolute atomic E-state index is 0.0828. The van der Waals surface area contributed by atoms with E-state index in [-0.39, 0.29) is 17.3 Å². The lowest BCUT2D eigenvalue weighted by Gasteiger charge is -2.29. The predicted molar refractivity (Wildman–Crippen MR) is 111 cm³/mol. The lowest BCUT2D eigenvalue weighted by Crippen LogP contribution is -2.36. The molecule has 0 saturated carbocycles. The number of nitrogens with two attached hydrogens (primary N) is 1. The molecule has 1 fully saturated rings. The summed E-state index contributed by atoms with van der Waals surface area (Å²) in [4.78, 5) is 6.44. The first-order valence-electron chi connectivity index (χ1n) is 9.10. The van der Waals surface area contributed by atoms with E-state index in [1.807, 2.05) is 13.0 Å². The average Bonchev–Trinajstić information content (AvgIpc) is 2.68. The Morgan fingerprint density at radius 3 is 2.68 bits per heavy atom. The van der Waals surface area contributed by atoms with E-state index in [9.17, 15) is 8.42 Å². The van der Waals surface area contributed by atoms with Gasteiger partial charge in [0.1, 0.15) is 5.82 Å². The number of hydrogen-bond donors (Lipinski definition) is 1. The zero-order chi connectivity index (χ0) is 20.1. The van der Waals surface area contributed by atoms with E-state index in [2.05, 4.69) is 9.88 Å². The van der Waals surface area contributed by atoms with Crippen LogP contribution >= 0.6 is 11.6 Å². The number of anilines is 2. The van der Waals surface area contributed by atoms with E-state index in [0.29, 0.717) is 54.9 Å². The van der Waals surface area contributed by atoms with E-state index in [1.165, 1.54) is 0 Å². The van der Waals surface area contributed by atoms with Gasteiger partial charge >= 0.3 is 0 Å². The maximum absolute atomic E-state index is 12.9. The van der Waals surface area contributed by atoms with Crippen molar-refractivity contribution in [2.24, 2.45) is 0 Å². The first kappa shape index (κ1) is 20.9. The highest BCUT2D eigenvalue weighted by atomic mass is 35.5. The number of pyridine rings is 1. The molecular weight excluding hydrogens is 402 g/mol. The molecule has 1 aliphatic rings. The van der Waals surface area contributed by atoms with Crippen LogP contribution in [0.1, 0.15) is 6.92 Å². The Bertz CT molecular complexity index is 931. The van der Waals surface area contributed by atoms with Gasteiger partial charge in [-0.1, -0.05) is 11.6 Å². The summed E-state index contributed by atoms with van der Waals surface area (Å²) < 4.78 is 36.4. The fourth-order valence-electron chi connectivity index (χ4n) is 3.01. The van der Waals surface area contributed by atoms with Gasteiger partial charge in [0.25, 0.3) is 0 Å². The number of halogens is 1. The van der Waals surface area contributed by atoms with Gasteiger partial charge in [-0.25, -0.2) is 13.4 Å². The molecule has 3 rings (SSSR count). The number of morpholine rings is 1. The highest BCUT2D eigenvalue weighted by molar-refractivity contribution is 7.91. The van der Waals surface area contributed by atoms with E-state index >= 15 is 0 Å². The molecule has 0 spiro atoms.